The predicted molar refractivity (Wildman–Crippen MR) is 171 cm³/mol. The van der Waals surface area contributed by atoms with Gasteiger partial charge in [-0.25, -0.2) is 9.59 Å². The summed E-state index contributed by atoms with van der Waals surface area (Å²) in [6.45, 7) is 6.96. The van der Waals surface area contributed by atoms with Gasteiger partial charge in [-0.05, 0) is 27.2 Å². The first-order chi connectivity index (χ1) is 24.9. The number of aliphatic hydroxyl groups excluding tert-OH is 1. The van der Waals surface area contributed by atoms with Gasteiger partial charge in [0.2, 0.25) is 0 Å². The lowest BCUT2D eigenvalue weighted by atomic mass is 9.37. The van der Waals surface area contributed by atoms with Crippen LogP contribution >= 0.6 is 0 Å². The fourth-order valence-electron chi connectivity index (χ4n) is 12.8. The molecule has 0 amide bonds. The van der Waals surface area contributed by atoms with Gasteiger partial charge in [-0.15, -0.1) is 0 Å². The van der Waals surface area contributed by atoms with Crippen LogP contribution in [0.3, 0.4) is 0 Å². The van der Waals surface area contributed by atoms with Gasteiger partial charge in [0.1, 0.15) is 28.8 Å². The fourth-order valence-corrected chi connectivity index (χ4v) is 12.8. The number of fused-ring (bicyclic) bond motifs is 7. The Morgan fingerprint density at radius 1 is 0.906 bits per heavy atom. The van der Waals surface area contributed by atoms with Gasteiger partial charge in [0.05, 0.1) is 52.4 Å². The molecule has 5 heterocycles. The number of ether oxygens (including phenoxy) is 10. The molecule has 8 aliphatic rings. The van der Waals surface area contributed by atoms with Crippen molar-refractivity contribution >= 4 is 23.9 Å². The third kappa shape index (κ3) is 3.84. The van der Waals surface area contributed by atoms with Gasteiger partial charge in [-0.2, -0.15) is 0 Å². The average Bonchev–Trinajstić information content (AvgIpc) is 3.47. The van der Waals surface area contributed by atoms with E-state index in [1.807, 2.05) is 0 Å². The molecule has 0 aromatic carbocycles. The quantitative estimate of drug-likeness (QED) is 0.131. The molecule has 0 aromatic heterocycles. The maximum absolute atomic E-state index is 14.2. The van der Waals surface area contributed by atoms with E-state index in [1.54, 1.807) is 33.8 Å². The molecule has 5 aliphatic heterocycles. The molecule has 53 heavy (non-hydrogen) atoms. The Hall–Kier alpha value is -2.74. The fraction of sp³-hybridized carbons (Fsp3) is 0.833. The van der Waals surface area contributed by atoms with E-state index in [2.05, 4.69) is 0 Å². The molecule has 0 aromatic rings. The van der Waals surface area contributed by atoms with Crippen molar-refractivity contribution in [1.82, 2.24) is 0 Å². The summed E-state index contributed by atoms with van der Waals surface area (Å²) in [5, 5.41) is 38.0. The Bertz CT molecular complexity index is 1680. The normalized spacial score (nSPS) is 54.2. The topological polar surface area (TPSA) is 225 Å². The van der Waals surface area contributed by atoms with Gasteiger partial charge in [0.15, 0.2) is 5.60 Å². The lowest BCUT2D eigenvalue weighted by Gasteiger charge is -2.65. The minimum atomic E-state index is -2.85. The Kier molecular flexibility index (Phi) is 7.85. The summed E-state index contributed by atoms with van der Waals surface area (Å²) in [7, 11) is 3.58. The zero-order valence-electron chi connectivity index (χ0n) is 31.0. The van der Waals surface area contributed by atoms with Crippen LogP contribution in [0.4, 0.5) is 0 Å². The van der Waals surface area contributed by atoms with E-state index in [4.69, 9.17) is 47.4 Å². The molecule has 8 rings (SSSR count). The molecular weight excluding hydrogens is 704 g/mol. The van der Waals surface area contributed by atoms with Crippen molar-refractivity contribution in [3.8, 4) is 0 Å². The Labute approximate surface area is 305 Å². The molecule has 8 fully saturated rings. The van der Waals surface area contributed by atoms with Crippen molar-refractivity contribution < 1.29 is 81.9 Å². The molecule has 5 saturated heterocycles. The van der Waals surface area contributed by atoms with Crippen molar-refractivity contribution in [2.45, 2.75) is 113 Å². The smallest absolute Gasteiger partial charge is 0.366 e. The second-order valence-corrected chi connectivity index (χ2v) is 16.4. The first kappa shape index (κ1) is 37.2. The average molecular weight is 753 g/mol. The highest BCUT2D eigenvalue weighted by Gasteiger charge is 2.98. The van der Waals surface area contributed by atoms with Crippen LogP contribution in [0.15, 0.2) is 11.6 Å². The number of epoxide rings is 1. The molecule has 17 nitrogen and oxygen atoms in total. The molecule has 3 saturated carbocycles. The van der Waals surface area contributed by atoms with Crippen LogP contribution in [-0.4, -0.2) is 139 Å². The van der Waals surface area contributed by atoms with E-state index in [-0.39, 0.29) is 31.4 Å². The van der Waals surface area contributed by atoms with Crippen molar-refractivity contribution in [2.24, 2.45) is 34.0 Å². The van der Waals surface area contributed by atoms with Crippen LogP contribution in [0.25, 0.3) is 0 Å². The Balaban J connectivity index is 1.40. The number of hydrogen-bond acceptors (Lipinski definition) is 17. The lowest BCUT2D eigenvalue weighted by molar-refractivity contribution is -0.448. The third-order valence-corrected chi connectivity index (χ3v) is 14.8. The number of aliphatic hydroxyl groups is 3. The number of carbonyl (C=O) groups is 4. The second kappa shape index (κ2) is 11.2. The van der Waals surface area contributed by atoms with Crippen LogP contribution in [0.5, 0.6) is 0 Å². The molecule has 1 spiro atoms. The summed E-state index contributed by atoms with van der Waals surface area (Å²) in [5.74, 6) is -11.8. The Morgan fingerprint density at radius 2 is 1.60 bits per heavy atom. The van der Waals surface area contributed by atoms with Gasteiger partial charge < -0.3 is 62.7 Å². The highest BCUT2D eigenvalue weighted by atomic mass is 16.9. The highest BCUT2D eigenvalue weighted by molar-refractivity contribution is 5.88. The van der Waals surface area contributed by atoms with E-state index in [1.165, 1.54) is 14.0 Å². The van der Waals surface area contributed by atoms with Crippen LogP contribution in [0, 0.1) is 34.0 Å². The first-order valence-electron chi connectivity index (χ1n) is 18.0. The molecule has 17 heteroatoms. The standard InChI is InChI=1S/C36H48O17/c1-9-16(2)25(39)51-19-13-20(50-17(3)37)32(27(40)44-6)14-47-22-23(32)31(19)15-49-34(43,28(41)45-7)26(31)29(4,24(22)38)35-21-12-18(30(35,5)53-35)33(42)10-11-48-36(33,46-8)52-21/h9,18-24,26,38,42-43H,10-15H2,1-8H3. The molecule has 2 bridgehead atoms. The van der Waals surface area contributed by atoms with Gasteiger partial charge in [0.25, 0.3) is 5.79 Å². The first-order valence-corrected chi connectivity index (χ1v) is 18.0. The predicted octanol–water partition coefficient (Wildman–Crippen LogP) is -0.353. The second-order valence-electron chi connectivity index (χ2n) is 16.4. The van der Waals surface area contributed by atoms with E-state index < -0.39 is 130 Å². The molecule has 16 atom stereocenters. The van der Waals surface area contributed by atoms with Gasteiger partial charge in [-0.1, -0.05) is 13.0 Å². The Morgan fingerprint density at radius 3 is 2.23 bits per heavy atom. The molecule has 294 valence electrons. The summed E-state index contributed by atoms with van der Waals surface area (Å²) >= 11 is 0. The minimum absolute atomic E-state index is 0.133. The van der Waals surface area contributed by atoms with Crippen LogP contribution in [0.2, 0.25) is 0 Å². The number of rotatable bonds is 7. The third-order valence-electron chi connectivity index (χ3n) is 14.8. The zero-order valence-corrected chi connectivity index (χ0v) is 31.0. The molecule has 0 radical (unpaired) electrons. The largest absolute Gasteiger partial charge is 0.468 e. The molecule has 16 unspecified atom stereocenters. The lowest BCUT2D eigenvalue weighted by Crippen LogP contribution is -2.79. The maximum atomic E-state index is 14.2. The van der Waals surface area contributed by atoms with E-state index in [9.17, 15) is 34.5 Å². The molecule has 3 aliphatic carbocycles. The van der Waals surface area contributed by atoms with Crippen LogP contribution in [-0.2, 0) is 66.5 Å². The van der Waals surface area contributed by atoms with Crippen molar-refractivity contribution in [3.05, 3.63) is 11.6 Å². The monoisotopic (exact) mass is 752 g/mol. The maximum Gasteiger partial charge on any atom is 0.366 e. The van der Waals surface area contributed by atoms with Crippen LogP contribution in [0.1, 0.15) is 53.9 Å². The van der Waals surface area contributed by atoms with E-state index >= 15 is 0 Å². The molecular formula is C36H48O17. The van der Waals surface area contributed by atoms with Gasteiger partial charge in [0, 0.05) is 61.0 Å². The molecule has 3 N–H and O–H groups in total. The summed E-state index contributed by atoms with van der Waals surface area (Å²) in [5.41, 5.74) is -9.80. The number of allylic oxidation sites excluding steroid dienone is 1. The minimum Gasteiger partial charge on any atom is -0.468 e. The van der Waals surface area contributed by atoms with E-state index in [0.717, 1.165) is 14.2 Å². The number of carbonyl (C=O) groups excluding carboxylic acids is 4. The number of methoxy groups -OCH3 is 3. The zero-order chi connectivity index (χ0) is 38.5. The number of esters is 4. The summed E-state index contributed by atoms with van der Waals surface area (Å²) < 4.78 is 60.4. The summed E-state index contributed by atoms with van der Waals surface area (Å²) in [6, 6.07) is 0. The summed E-state index contributed by atoms with van der Waals surface area (Å²) in [6.07, 6.45) is -5.00. The highest BCUT2D eigenvalue weighted by Crippen LogP contribution is 2.83. The summed E-state index contributed by atoms with van der Waals surface area (Å²) in [4.78, 5) is 54.6. The van der Waals surface area contributed by atoms with Crippen molar-refractivity contribution in [3.63, 3.8) is 0 Å². The van der Waals surface area contributed by atoms with E-state index in [0.29, 0.717) is 0 Å². The van der Waals surface area contributed by atoms with Crippen LogP contribution < -0.4 is 0 Å². The number of hydrogen-bond donors (Lipinski definition) is 3. The van der Waals surface area contributed by atoms with Gasteiger partial charge >= 0.3 is 29.9 Å². The SMILES string of the molecule is CC=C(C)C(=O)OC1CC(OC(C)=O)C2(C(=O)OC)COC3C2C12COC(O)(C(=O)OC)C2C(C)(C12OC1(C)C1CC2OC2(OC)OCCC12O)C3O. The van der Waals surface area contributed by atoms with Gasteiger partial charge in [-0.3, -0.25) is 9.59 Å². The van der Waals surface area contributed by atoms with Crippen molar-refractivity contribution in [1.29, 1.82) is 0 Å². The van der Waals surface area contributed by atoms with Crippen molar-refractivity contribution in [2.75, 3.05) is 41.2 Å².